The van der Waals surface area contributed by atoms with Crippen molar-refractivity contribution in [1.29, 1.82) is 0 Å². The first-order chi connectivity index (χ1) is 12.3. The van der Waals surface area contributed by atoms with E-state index in [-0.39, 0.29) is 23.2 Å². The molecule has 0 bridgehead atoms. The number of alkyl halides is 2. The minimum atomic E-state index is -2.59. The number of rotatable bonds is 2. The molecule has 0 heterocycles. The Morgan fingerprint density at radius 2 is 1.54 bits per heavy atom. The lowest BCUT2D eigenvalue weighted by Gasteiger charge is -2.55. The van der Waals surface area contributed by atoms with E-state index in [2.05, 4.69) is 6.92 Å². The zero-order valence-electron chi connectivity index (χ0n) is 16.0. The minimum absolute atomic E-state index is 0.149. The van der Waals surface area contributed by atoms with Crippen molar-refractivity contribution in [3.05, 3.63) is 0 Å². The first kappa shape index (κ1) is 17.6. The van der Waals surface area contributed by atoms with Gasteiger partial charge >= 0.3 is 0 Å². The average molecular weight is 366 g/mol. The van der Waals surface area contributed by atoms with E-state index in [0.29, 0.717) is 35.4 Å². The van der Waals surface area contributed by atoms with Crippen LogP contribution in [0.25, 0.3) is 0 Å². The largest absolute Gasteiger partial charge is 0.383 e. The van der Waals surface area contributed by atoms with Crippen molar-refractivity contribution in [3.63, 3.8) is 0 Å². The van der Waals surface area contributed by atoms with Gasteiger partial charge in [-0.15, -0.1) is 0 Å². The molecule has 10 atom stereocenters. The third kappa shape index (κ3) is 2.03. The smallest absolute Gasteiger partial charge is 0.267 e. The van der Waals surface area contributed by atoms with E-state index in [1.807, 2.05) is 0 Å². The first-order valence-electron chi connectivity index (χ1n) is 10.8. The molecule has 1 N–H and O–H groups in total. The molecule has 5 fully saturated rings. The van der Waals surface area contributed by atoms with Crippen LogP contribution in [0.15, 0.2) is 0 Å². The van der Waals surface area contributed by atoms with Gasteiger partial charge in [0.1, 0.15) is 11.4 Å². The lowest BCUT2D eigenvalue weighted by molar-refractivity contribution is -0.128. The summed E-state index contributed by atoms with van der Waals surface area (Å²) >= 11 is 0. The number of halogens is 2. The predicted molar refractivity (Wildman–Crippen MR) is 94.6 cm³/mol. The maximum Gasteiger partial charge on any atom is 0.267 e. The number of aliphatic hydroxyl groups is 1. The summed E-state index contributed by atoms with van der Waals surface area (Å²) in [6, 6.07) is 0. The van der Waals surface area contributed by atoms with Crippen LogP contribution < -0.4 is 0 Å². The van der Waals surface area contributed by atoms with Crippen molar-refractivity contribution in [3.8, 4) is 0 Å². The van der Waals surface area contributed by atoms with Gasteiger partial charge in [0.25, 0.3) is 6.43 Å². The summed E-state index contributed by atoms with van der Waals surface area (Å²) in [5, 5.41) is 10.5. The van der Waals surface area contributed by atoms with E-state index in [1.54, 1.807) is 6.92 Å². The van der Waals surface area contributed by atoms with E-state index in [9.17, 15) is 18.7 Å². The Balaban J connectivity index is 1.38. The zero-order valence-corrected chi connectivity index (χ0v) is 16.0. The Bertz CT molecular complexity index is 621. The van der Waals surface area contributed by atoms with Crippen LogP contribution in [0.1, 0.15) is 65.2 Å². The zero-order chi connectivity index (χ0) is 18.4. The molecule has 0 aromatic carbocycles. The molecule has 0 aromatic heterocycles. The number of Topliss-reactive ketones (excluding diaryl/α,β-unsaturated/α-hetero) is 1. The van der Waals surface area contributed by atoms with Gasteiger partial charge in [0.15, 0.2) is 0 Å². The fraction of sp³-hybridized carbons (Fsp3) is 0.955. The Kier molecular flexibility index (Phi) is 3.73. The molecule has 0 saturated heterocycles. The third-order valence-corrected chi connectivity index (χ3v) is 9.99. The average Bonchev–Trinajstić information content (AvgIpc) is 3.06. The van der Waals surface area contributed by atoms with Gasteiger partial charge < -0.3 is 5.11 Å². The highest BCUT2D eigenvalue weighted by Crippen LogP contribution is 2.71. The lowest BCUT2D eigenvalue weighted by Crippen LogP contribution is -2.49. The molecule has 0 radical (unpaired) electrons. The third-order valence-electron chi connectivity index (χ3n) is 9.99. The monoisotopic (exact) mass is 366 g/mol. The second-order valence-corrected chi connectivity index (χ2v) is 10.5. The number of ketones is 1. The van der Waals surface area contributed by atoms with Crippen molar-refractivity contribution in [2.45, 2.75) is 77.2 Å². The molecule has 5 rings (SSSR count). The van der Waals surface area contributed by atoms with Crippen LogP contribution >= 0.6 is 0 Å². The molecule has 5 saturated carbocycles. The highest BCUT2D eigenvalue weighted by molar-refractivity contribution is 5.79. The number of carbonyl (C=O) groups excluding carboxylic acids is 1. The van der Waals surface area contributed by atoms with Crippen LogP contribution in [0.5, 0.6) is 0 Å². The Labute approximate surface area is 155 Å². The van der Waals surface area contributed by atoms with Gasteiger partial charge in [0.2, 0.25) is 0 Å². The fourth-order valence-electron chi connectivity index (χ4n) is 8.95. The number of carbonyl (C=O) groups is 1. The Morgan fingerprint density at radius 1 is 0.923 bits per heavy atom. The van der Waals surface area contributed by atoms with Crippen molar-refractivity contribution in [2.75, 3.05) is 0 Å². The van der Waals surface area contributed by atoms with E-state index >= 15 is 0 Å². The molecular weight excluding hydrogens is 334 g/mol. The molecular formula is C22H32F2O2. The number of hydrogen-bond acceptors (Lipinski definition) is 2. The number of fused-ring (bicyclic) bond motifs is 7. The van der Waals surface area contributed by atoms with Crippen LogP contribution in [0, 0.1) is 52.8 Å². The SMILES string of the molecule is CC(=O)[C@H]1CC[C@H]2[C@@H]3CC[C@H]4C5[C@@H](CC[C@@H]4[C@H]3CC[C@]12C)[C@]5(O)C(F)F. The summed E-state index contributed by atoms with van der Waals surface area (Å²) in [5.74, 6) is 3.09. The highest BCUT2D eigenvalue weighted by Gasteiger charge is 2.74. The van der Waals surface area contributed by atoms with Gasteiger partial charge in [-0.3, -0.25) is 4.79 Å². The molecule has 0 aliphatic heterocycles. The van der Waals surface area contributed by atoms with Gasteiger partial charge in [0.05, 0.1) is 0 Å². The summed E-state index contributed by atoms with van der Waals surface area (Å²) in [5.41, 5.74) is -1.51. The van der Waals surface area contributed by atoms with Gasteiger partial charge in [0, 0.05) is 11.8 Å². The maximum atomic E-state index is 13.5. The van der Waals surface area contributed by atoms with E-state index in [4.69, 9.17) is 0 Å². The minimum Gasteiger partial charge on any atom is -0.383 e. The normalized spacial score (nSPS) is 57.8. The maximum absolute atomic E-state index is 13.5. The molecule has 26 heavy (non-hydrogen) atoms. The fourth-order valence-corrected chi connectivity index (χ4v) is 8.95. The molecule has 0 spiro atoms. The molecule has 0 aromatic rings. The van der Waals surface area contributed by atoms with Gasteiger partial charge in [-0.05, 0) is 99.2 Å². The van der Waals surface area contributed by atoms with E-state index in [0.717, 1.165) is 44.9 Å². The van der Waals surface area contributed by atoms with Crippen molar-refractivity contribution < 1.29 is 18.7 Å². The number of hydrogen-bond donors (Lipinski definition) is 1. The summed E-state index contributed by atoms with van der Waals surface area (Å²) < 4.78 is 26.9. The van der Waals surface area contributed by atoms with Crippen LogP contribution in [0.4, 0.5) is 8.78 Å². The van der Waals surface area contributed by atoms with Crippen LogP contribution in [-0.2, 0) is 4.79 Å². The molecule has 0 amide bonds. The summed E-state index contributed by atoms with van der Waals surface area (Å²) in [7, 11) is 0. The molecule has 5 aliphatic rings. The first-order valence-corrected chi connectivity index (χ1v) is 10.8. The van der Waals surface area contributed by atoms with Crippen molar-refractivity contribution >= 4 is 5.78 Å². The molecule has 146 valence electrons. The van der Waals surface area contributed by atoms with Gasteiger partial charge in [-0.25, -0.2) is 8.78 Å². The van der Waals surface area contributed by atoms with Crippen LogP contribution in [0.3, 0.4) is 0 Å². The Hall–Kier alpha value is -0.510. The molecule has 4 heteroatoms. The molecule has 1 unspecified atom stereocenters. The summed E-state index contributed by atoms with van der Waals surface area (Å²) in [6.07, 6.45) is 5.87. The van der Waals surface area contributed by atoms with Gasteiger partial charge in [-0.2, -0.15) is 0 Å². The Morgan fingerprint density at radius 3 is 2.23 bits per heavy atom. The van der Waals surface area contributed by atoms with Crippen LogP contribution in [0.2, 0.25) is 0 Å². The quantitative estimate of drug-likeness (QED) is 0.769. The van der Waals surface area contributed by atoms with Crippen LogP contribution in [-0.4, -0.2) is 22.9 Å². The lowest BCUT2D eigenvalue weighted by atomic mass is 9.49. The highest BCUT2D eigenvalue weighted by atomic mass is 19.3. The molecule has 5 aliphatic carbocycles. The predicted octanol–water partition coefficient (Wildman–Crippen LogP) is 4.70. The summed E-state index contributed by atoms with van der Waals surface area (Å²) in [6.45, 7) is 4.12. The van der Waals surface area contributed by atoms with Crippen molar-refractivity contribution in [1.82, 2.24) is 0 Å². The summed E-state index contributed by atoms with van der Waals surface area (Å²) in [4.78, 5) is 12.2. The van der Waals surface area contributed by atoms with E-state index < -0.39 is 12.0 Å². The van der Waals surface area contributed by atoms with Gasteiger partial charge in [-0.1, -0.05) is 6.92 Å². The standard InChI is InChI=1S/C22H32F2O2/c1-11(25)16-7-8-17-14-3-4-15-12(13(14)9-10-21(16,17)2)5-6-18-19(15)22(18,26)20(23)24/h12-20,26H,3-10H2,1-2H3/t12-,13-,14-,15-,16-,17+,18-,19?,21-,22-/m1/s1. The molecule has 2 nitrogen and oxygen atoms in total. The topological polar surface area (TPSA) is 37.3 Å². The van der Waals surface area contributed by atoms with E-state index in [1.165, 1.54) is 6.42 Å². The van der Waals surface area contributed by atoms with Crippen molar-refractivity contribution in [2.24, 2.45) is 52.8 Å². The second-order valence-electron chi connectivity index (χ2n) is 10.5. The second kappa shape index (κ2) is 5.52.